The van der Waals surface area contributed by atoms with Crippen molar-refractivity contribution >= 4 is 34.9 Å². The minimum Gasteiger partial charge on any atom is -0.489 e. The molecule has 160 valence electrons. The van der Waals surface area contributed by atoms with Crippen LogP contribution in [0.25, 0.3) is 11.3 Å². The monoisotopic (exact) mass is 458 g/mol. The van der Waals surface area contributed by atoms with E-state index in [-0.39, 0.29) is 17.8 Å². The second-order valence-electron chi connectivity index (χ2n) is 7.86. The molecular weight excluding hydrogens is 440 g/mol. The van der Waals surface area contributed by atoms with Crippen LogP contribution >= 0.6 is 22.9 Å². The molecule has 2 aromatic heterocycles. The molecule has 2 fully saturated rings. The van der Waals surface area contributed by atoms with Crippen LogP contribution in [0.4, 0.5) is 4.79 Å². The largest absolute Gasteiger partial charge is 0.489 e. The fraction of sp³-hybridized carbons (Fsp3) is 0.333. The summed E-state index contributed by atoms with van der Waals surface area (Å²) in [5, 5.41) is 15.3. The van der Waals surface area contributed by atoms with Crippen molar-refractivity contribution in [2.24, 2.45) is 11.8 Å². The first-order chi connectivity index (χ1) is 15.0. The third kappa shape index (κ3) is 3.79. The molecule has 0 spiro atoms. The van der Waals surface area contributed by atoms with Crippen LogP contribution in [-0.4, -0.2) is 56.0 Å². The van der Waals surface area contributed by atoms with Gasteiger partial charge >= 0.3 is 12.0 Å². The fourth-order valence-corrected chi connectivity index (χ4v) is 5.33. The third-order valence-corrected chi connectivity index (χ3v) is 6.92. The van der Waals surface area contributed by atoms with E-state index in [0.717, 1.165) is 28.8 Å². The topological polar surface area (TPSA) is 97.5 Å². The predicted molar refractivity (Wildman–Crippen MR) is 115 cm³/mol. The molecule has 1 saturated carbocycles. The second kappa shape index (κ2) is 7.97. The number of nitrogens with zero attached hydrogens (tertiary/aromatic N) is 4. The third-order valence-electron chi connectivity index (χ3n) is 5.95. The van der Waals surface area contributed by atoms with Crippen LogP contribution in [0.5, 0.6) is 5.75 Å². The summed E-state index contributed by atoms with van der Waals surface area (Å²) in [7, 11) is 0. The first kappa shape index (κ1) is 20.0. The van der Waals surface area contributed by atoms with Crippen LogP contribution in [0, 0.1) is 11.8 Å². The Balaban J connectivity index is 1.22. The zero-order chi connectivity index (χ0) is 21.5. The first-order valence-electron chi connectivity index (χ1n) is 9.91. The number of carboxylic acid groups (broad SMARTS) is 1. The highest BCUT2D eigenvalue weighted by Crippen LogP contribution is 2.42. The van der Waals surface area contributed by atoms with E-state index in [1.807, 2.05) is 23.6 Å². The Morgan fingerprint density at radius 3 is 2.61 bits per heavy atom. The van der Waals surface area contributed by atoms with Crippen molar-refractivity contribution in [2.45, 2.75) is 18.9 Å². The molecule has 2 aliphatic rings. The van der Waals surface area contributed by atoms with E-state index in [0.29, 0.717) is 35.7 Å². The lowest BCUT2D eigenvalue weighted by atomic mass is 10.0. The molecule has 8 nitrogen and oxygen atoms in total. The molecule has 0 radical (unpaired) electrons. The summed E-state index contributed by atoms with van der Waals surface area (Å²) in [5.41, 5.74) is 3.33. The van der Waals surface area contributed by atoms with Gasteiger partial charge in [0.05, 0.1) is 22.3 Å². The quantitative estimate of drug-likeness (QED) is 0.631. The number of likely N-dealkylation sites (tertiary alicyclic amines) is 1. The summed E-state index contributed by atoms with van der Waals surface area (Å²) in [4.78, 5) is 29.7. The molecule has 3 heterocycles. The van der Waals surface area contributed by atoms with Crippen LogP contribution < -0.4 is 4.74 Å². The zero-order valence-electron chi connectivity index (χ0n) is 16.3. The van der Waals surface area contributed by atoms with Crippen molar-refractivity contribution in [3.05, 3.63) is 52.1 Å². The van der Waals surface area contributed by atoms with Crippen LogP contribution in [0.1, 0.15) is 23.3 Å². The van der Waals surface area contributed by atoms with Crippen molar-refractivity contribution < 1.29 is 19.4 Å². The molecule has 3 aromatic rings. The van der Waals surface area contributed by atoms with Gasteiger partial charge in [-0.2, -0.15) is 9.78 Å². The summed E-state index contributed by atoms with van der Waals surface area (Å²) < 4.78 is 7.35. The second-order valence-corrected chi connectivity index (χ2v) is 8.96. The van der Waals surface area contributed by atoms with Gasteiger partial charge in [-0.1, -0.05) is 23.7 Å². The first-order valence-corrected chi connectivity index (χ1v) is 11.2. The van der Waals surface area contributed by atoms with E-state index in [2.05, 4.69) is 10.1 Å². The van der Waals surface area contributed by atoms with E-state index < -0.39 is 5.97 Å². The van der Waals surface area contributed by atoms with Crippen LogP contribution in [0.2, 0.25) is 5.02 Å². The minimum absolute atomic E-state index is 0.0405. The molecule has 1 N–H and O–H groups in total. The zero-order valence-corrected chi connectivity index (χ0v) is 17.9. The Kier molecular flexibility index (Phi) is 5.15. The van der Waals surface area contributed by atoms with Crippen LogP contribution in [-0.2, 0) is 0 Å². The van der Waals surface area contributed by atoms with Crippen molar-refractivity contribution in [1.29, 1.82) is 0 Å². The van der Waals surface area contributed by atoms with Gasteiger partial charge in [0, 0.05) is 30.2 Å². The number of rotatable bonds is 4. The average Bonchev–Trinajstić information content (AvgIpc) is 3.52. The molecular formula is C21H19ClN4O4S. The summed E-state index contributed by atoms with van der Waals surface area (Å²) in [6.07, 6.45) is 3.11. The molecule has 31 heavy (non-hydrogen) atoms. The van der Waals surface area contributed by atoms with E-state index in [4.69, 9.17) is 21.4 Å². The smallest absolute Gasteiger partial charge is 0.356 e. The van der Waals surface area contributed by atoms with Crippen LogP contribution in [0.15, 0.2) is 41.4 Å². The molecule has 0 bridgehead atoms. The Bertz CT molecular complexity index is 1120. The van der Waals surface area contributed by atoms with E-state index in [1.54, 1.807) is 10.4 Å². The molecule has 1 aromatic carbocycles. The van der Waals surface area contributed by atoms with E-state index in [1.165, 1.54) is 23.6 Å². The summed E-state index contributed by atoms with van der Waals surface area (Å²) in [6.45, 7) is 1.22. The molecule has 2 unspecified atom stereocenters. The molecule has 1 aliphatic carbocycles. The van der Waals surface area contributed by atoms with Gasteiger partial charge in [0.1, 0.15) is 5.75 Å². The number of thiazole rings is 1. The average molecular weight is 459 g/mol. The number of benzene rings is 1. The minimum atomic E-state index is -1.15. The van der Waals surface area contributed by atoms with Gasteiger partial charge in [-0.3, -0.25) is 0 Å². The molecule has 1 saturated heterocycles. The number of aromatic carboxylic acids is 1. The van der Waals surface area contributed by atoms with E-state index >= 15 is 0 Å². The molecule has 1 amide bonds. The highest BCUT2D eigenvalue weighted by molar-refractivity contribution is 7.07. The molecule has 5 rings (SSSR count). The van der Waals surface area contributed by atoms with Crippen molar-refractivity contribution in [3.8, 4) is 17.0 Å². The highest BCUT2D eigenvalue weighted by atomic mass is 35.5. The molecule has 10 heteroatoms. The standard InChI is InChI=1S/C21H19ClN4O4S/c22-19-15(17-10-31-11-23-17)2-1-3-18(19)30-14-6-12-8-25(9-13(12)7-14)21(29)26-5-4-16(24-26)20(27)28/h1-5,10-14H,6-9H2,(H,27,28). The molecule has 1 aliphatic heterocycles. The van der Waals surface area contributed by atoms with E-state index in [9.17, 15) is 9.59 Å². The lowest BCUT2D eigenvalue weighted by Crippen LogP contribution is -2.34. The van der Waals surface area contributed by atoms with Crippen molar-refractivity contribution in [1.82, 2.24) is 19.7 Å². The van der Waals surface area contributed by atoms with Gasteiger partial charge in [0.2, 0.25) is 0 Å². The Morgan fingerprint density at radius 1 is 1.19 bits per heavy atom. The number of amides is 1. The van der Waals surface area contributed by atoms with Crippen LogP contribution in [0.3, 0.4) is 0 Å². The molecule has 2 atom stereocenters. The van der Waals surface area contributed by atoms with Gasteiger partial charge in [-0.05, 0) is 36.8 Å². The lowest BCUT2D eigenvalue weighted by molar-refractivity contribution is 0.0690. The number of halogens is 1. The normalized spacial score (nSPS) is 22.5. The number of hydrogen-bond acceptors (Lipinski definition) is 6. The van der Waals surface area contributed by atoms with Gasteiger partial charge < -0.3 is 14.7 Å². The maximum atomic E-state index is 12.7. The van der Waals surface area contributed by atoms with Gasteiger partial charge in [0.15, 0.2) is 5.69 Å². The van der Waals surface area contributed by atoms with Crippen molar-refractivity contribution in [3.63, 3.8) is 0 Å². The number of carbonyl (C=O) groups is 2. The number of carboxylic acids is 1. The number of hydrogen-bond donors (Lipinski definition) is 1. The maximum absolute atomic E-state index is 12.7. The number of fused-ring (bicyclic) bond motifs is 1. The SMILES string of the molecule is O=C(O)c1ccn(C(=O)N2CC3CC(Oc4cccc(-c5cscn5)c4Cl)CC3C2)n1. The Labute approximate surface area is 187 Å². The van der Waals surface area contributed by atoms with Gasteiger partial charge in [-0.25, -0.2) is 14.6 Å². The maximum Gasteiger partial charge on any atom is 0.356 e. The predicted octanol–water partition coefficient (Wildman–Crippen LogP) is 4.12. The Morgan fingerprint density at radius 2 is 1.97 bits per heavy atom. The summed E-state index contributed by atoms with van der Waals surface area (Å²) in [6, 6.07) is 6.76. The number of ether oxygens (including phenoxy) is 1. The number of aromatic nitrogens is 3. The fourth-order valence-electron chi connectivity index (χ4n) is 4.51. The number of carbonyl (C=O) groups excluding carboxylic acids is 1. The highest BCUT2D eigenvalue weighted by Gasteiger charge is 2.44. The summed E-state index contributed by atoms with van der Waals surface area (Å²) >= 11 is 8.11. The lowest BCUT2D eigenvalue weighted by Gasteiger charge is -2.20. The van der Waals surface area contributed by atoms with Gasteiger partial charge in [-0.15, -0.1) is 11.3 Å². The summed E-state index contributed by atoms with van der Waals surface area (Å²) in [5.74, 6) is 0.179. The Hall–Kier alpha value is -2.91. The van der Waals surface area contributed by atoms with Gasteiger partial charge in [0.25, 0.3) is 0 Å². The van der Waals surface area contributed by atoms with Crippen molar-refractivity contribution in [2.75, 3.05) is 13.1 Å².